The average Bonchev–Trinajstić information content (AvgIpc) is 2.47. The van der Waals surface area contributed by atoms with Crippen molar-refractivity contribution in [1.82, 2.24) is 0 Å². The number of alkyl halides is 1. The molecule has 1 unspecified atom stereocenters. The zero-order chi connectivity index (χ0) is 15.2. The largest absolute Gasteiger partial charge is 0.426 e. The van der Waals surface area contributed by atoms with Gasteiger partial charge in [-0.15, -0.1) is 0 Å². The number of rotatable bonds is 5. The molecule has 2 rings (SSSR count). The maximum atomic E-state index is 11.3. The van der Waals surface area contributed by atoms with E-state index in [2.05, 4.69) is 59.8 Å². The summed E-state index contributed by atoms with van der Waals surface area (Å²) in [6.45, 7) is 3.51. The summed E-state index contributed by atoms with van der Waals surface area (Å²) in [7, 11) is 0. The van der Waals surface area contributed by atoms with E-state index in [0.29, 0.717) is 5.75 Å². The van der Waals surface area contributed by atoms with Crippen LogP contribution in [0.2, 0.25) is 0 Å². The average molecular weight is 394 g/mol. The predicted octanol–water partition coefficient (Wildman–Crippen LogP) is 4.88. The maximum Gasteiger partial charge on any atom is 0.308 e. The molecule has 2 nitrogen and oxygen atoms in total. The third-order valence-corrected chi connectivity index (χ3v) is 4.02. The van der Waals surface area contributed by atoms with Gasteiger partial charge in [-0.1, -0.05) is 70.6 Å². The molecule has 0 aliphatic rings. The Balaban J connectivity index is 2.48. The van der Waals surface area contributed by atoms with Gasteiger partial charge in [0.15, 0.2) is 0 Å². The Morgan fingerprint density at radius 3 is 2.52 bits per heavy atom. The Hall–Kier alpha value is -1.36. The number of hydrogen-bond donors (Lipinski definition) is 0. The zero-order valence-corrected chi connectivity index (χ0v) is 14.5. The summed E-state index contributed by atoms with van der Waals surface area (Å²) in [5, 5.41) is 0. The second kappa shape index (κ2) is 7.59. The lowest BCUT2D eigenvalue weighted by atomic mass is 9.88. The standard InChI is InChI=1S/C18H19IO2/c1-13-8-9-18(21-14(2)20)17(12-13)16(10-11-19)15-6-4-3-5-7-15/h3-9,12,16H,10-11H2,1-2H3. The van der Waals surface area contributed by atoms with Gasteiger partial charge in [0, 0.05) is 22.8 Å². The highest BCUT2D eigenvalue weighted by Gasteiger charge is 2.19. The SMILES string of the molecule is CC(=O)Oc1ccc(C)cc1C(CCI)c1ccccc1. The first-order valence-electron chi connectivity index (χ1n) is 7.01. The Bertz CT molecular complexity index is 608. The van der Waals surface area contributed by atoms with Crippen LogP contribution in [0.15, 0.2) is 48.5 Å². The van der Waals surface area contributed by atoms with Crippen molar-refractivity contribution in [3.8, 4) is 5.75 Å². The van der Waals surface area contributed by atoms with Crippen LogP contribution in [0.1, 0.15) is 36.0 Å². The lowest BCUT2D eigenvalue weighted by Crippen LogP contribution is -2.09. The number of halogens is 1. The minimum atomic E-state index is -0.276. The molecule has 0 aromatic heterocycles. The molecule has 0 bridgehead atoms. The minimum Gasteiger partial charge on any atom is -0.426 e. The molecule has 0 radical (unpaired) electrons. The first-order valence-corrected chi connectivity index (χ1v) is 8.54. The van der Waals surface area contributed by atoms with Crippen molar-refractivity contribution in [3.05, 3.63) is 65.2 Å². The van der Waals surface area contributed by atoms with Crippen LogP contribution >= 0.6 is 22.6 Å². The van der Waals surface area contributed by atoms with Gasteiger partial charge in [0.2, 0.25) is 0 Å². The summed E-state index contributed by atoms with van der Waals surface area (Å²) >= 11 is 2.39. The van der Waals surface area contributed by atoms with Gasteiger partial charge in [0.05, 0.1) is 0 Å². The first-order chi connectivity index (χ1) is 10.1. The fraction of sp³-hybridized carbons (Fsp3) is 0.278. The Morgan fingerprint density at radius 2 is 1.90 bits per heavy atom. The van der Waals surface area contributed by atoms with E-state index in [-0.39, 0.29) is 11.9 Å². The van der Waals surface area contributed by atoms with Crippen molar-refractivity contribution < 1.29 is 9.53 Å². The van der Waals surface area contributed by atoms with Crippen LogP contribution in [0.25, 0.3) is 0 Å². The van der Waals surface area contributed by atoms with E-state index in [1.807, 2.05) is 18.2 Å². The third-order valence-electron chi connectivity index (χ3n) is 3.39. The quantitative estimate of drug-likeness (QED) is 0.313. The molecule has 0 spiro atoms. The molecule has 0 saturated carbocycles. The number of ether oxygens (including phenoxy) is 1. The summed E-state index contributed by atoms with van der Waals surface area (Å²) in [5.74, 6) is 0.644. The van der Waals surface area contributed by atoms with Crippen LogP contribution < -0.4 is 4.74 Å². The van der Waals surface area contributed by atoms with E-state index in [4.69, 9.17) is 4.74 Å². The number of aryl methyl sites for hydroxylation is 1. The van der Waals surface area contributed by atoms with Gasteiger partial charge in [-0.05, 0) is 25.0 Å². The third kappa shape index (κ3) is 4.30. The Kier molecular flexibility index (Phi) is 5.79. The van der Waals surface area contributed by atoms with Crippen molar-refractivity contribution in [2.45, 2.75) is 26.2 Å². The van der Waals surface area contributed by atoms with E-state index < -0.39 is 0 Å². The lowest BCUT2D eigenvalue weighted by Gasteiger charge is -2.20. The van der Waals surface area contributed by atoms with Crippen LogP contribution in [0.3, 0.4) is 0 Å². The molecule has 0 N–H and O–H groups in total. The monoisotopic (exact) mass is 394 g/mol. The maximum absolute atomic E-state index is 11.3. The van der Waals surface area contributed by atoms with Crippen molar-refractivity contribution >= 4 is 28.6 Å². The fourth-order valence-corrected chi connectivity index (χ4v) is 3.11. The van der Waals surface area contributed by atoms with Crippen molar-refractivity contribution in [1.29, 1.82) is 0 Å². The van der Waals surface area contributed by atoms with E-state index in [9.17, 15) is 4.79 Å². The van der Waals surface area contributed by atoms with Crippen LogP contribution in [0.4, 0.5) is 0 Å². The molecular formula is C18H19IO2. The van der Waals surface area contributed by atoms with Gasteiger partial charge in [0.1, 0.15) is 5.75 Å². The Labute approximate surface area is 139 Å². The molecule has 3 heteroatoms. The molecule has 1 atom stereocenters. The number of carbonyl (C=O) groups excluding carboxylic acids is 1. The van der Waals surface area contributed by atoms with Crippen LogP contribution in [0.5, 0.6) is 5.75 Å². The predicted molar refractivity (Wildman–Crippen MR) is 94.3 cm³/mol. The highest BCUT2D eigenvalue weighted by molar-refractivity contribution is 14.1. The lowest BCUT2D eigenvalue weighted by molar-refractivity contribution is -0.131. The van der Waals surface area contributed by atoms with Crippen molar-refractivity contribution in [2.75, 3.05) is 4.43 Å². The molecule has 0 amide bonds. The number of benzene rings is 2. The van der Waals surface area contributed by atoms with Gasteiger partial charge in [-0.3, -0.25) is 4.79 Å². The van der Waals surface area contributed by atoms with Gasteiger partial charge < -0.3 is 4.74 Å². The van der Waals surface area contributed by atoms with Gasteiger partial charge in [0.25, 0.3) is 0 Å². The fourth-order valence-electron chi connectivity index (χ4n) is 2.48. The molecule has 0 heterocycles. The highest BCUT2D eigenvalue weighted by Crippen LogP contribution is 2.35. The second-order valence-corrected chi connectivity index (χ2v) is 6.15. The van der Waals surface area contributed by atoms with Gasteiger partial charge in [-0.25, -0.2) is 0 Å². The number of carbonyl (C=O) groups is 1. The van der Waals surface area contributed by atoms with E-state index >= 15 is 0 Å². The smallest absolute Gasteiger partial charge is 0.308 e. The molecule has 0 aliphatic carbocycles. The molecule has 110 valence electrons. The second-order valence-electron chi connectivity index (χ2n) is 5.08. The zero-order valence-electron chi connectivity index (χ0n) is 12.3. The molecule has 0 saturated heterocycles. The number of hydrogen-bond acceptors (Lipinski definition) is 2. The van der Waals surface area contributed by atoms with E-state index in [0.717, 1.165) is 16.4 Å². The van der Waals surface area contributed by atoms with Crippen LogP contribution in [-0.2, 0) is 4.79 Å². The van der Waals surface area contributed by atoms with Crippen molar-refractivity contribution in [3.63, 3.8) is 0 Å². The number of esters is 1. The molecular weight excluding hydrogens is 375 g/mol. The van der Waals surface area contributed by atoms with Crippen LogP contribution in [0, 0.1) is 6.92 Å². The van der Waals surface area contributed by atoms with Gasteiger partial charge >= 0.3 is 5.97 Å². The summed E-state index contributed by atoms with van der Waals surface area (Å²) in [5.41, 5.74) is 3.52. The minimum absolute atomic E-state index is 0.248. The van der Waals surface area contributed by atoms with Crippen LogP contribution in [-0.4, -0.2) is 10.4 Å². The normalized spacial score (nSPS) is 12.0. The summed E-state index contributed by atoms with van der Waals surface area (Å²) in [6, 6.07) is 16.4. The summed E-state index contributed by atoms with van der Waals surface area (Å²) < 4.78 is 6.45. The first kappa shape index (κ1) is 16.0. The summed E-state index contributed by atoms with van der Waals surface area (Å²) in [4.78, 5) is 11.3. The van der Waals surface area contributed by atoms with E-state index in [1.165, 1.54) is 18.1 Å². The molecule has 0 fully saturated rings. The molecule has 0 aliphatic heterocycles. The Morgan fingerprint density at radius 1 is 1.19 bits per heavy atom. The summed E-state index contributed by atoms with van der Waals surface area (Å²) in [6.07, 6.45) is 1.02. The topological polar surface area (TPSA) is 26.3 Å². The molecule has 2 aromatic rings. The highest BCUT2D eigenvalue weighted by atomic mass is 127. The van der Waals surface area contributed by atoms with Crippen molar-refractivity contribution in [2.24, 2.45) is 0 Å². The van der Waals surface area contributed by atoms with Gasteiger partial charge in [-0.2, -0.15) is 0 Å². The molecule has 2 aromatic carbocycles. The molecule has 21 heavy (non-hydrogen) atoms. The van der Waals surface area contributed by atoms with E-state index in [1.54, 1.807) is 0 Å².